The molecule has 11 heteroatoms. The van der Waals surface area contributed by atoms with Gasteiger partial charge in [0.1, 0.15) is 5.70 Å². The summed E-state index contributed by atoms with van der Waals surface area (Å²) in [6.07, 6.45) is -0.0393. The third-order valence-corrected chi connectivity index (χ3v) is 8.74. The Morgan fingerprint density at radius 1 is 1.45 bits per heavy atom. The maximum Gasteiger partial charge on any atom is 0.363 e. The number of likely N-dealkylation sites (tertiary alicyclic amines) is 1. The van der Waals surface area contributed by atoms with E-state index in [0.717, 1.165) is 13.3 Å². The number of fused-ring (bicyclic) bond motifs is 1. The number of hydrogen-bond donors (Lipinski definition) is 4. The van der Waals surface area contributed by atoms with E-state index in [-0.39, 0.29) is 35.4 Å². The molecule has 9 nitrogen and oxygen atoms in total. The lowest BCUT2D eigenvalue weighted by atomic mass is 9.79. The molecule has 4 N–H and O–H groups in total. The molecule has 3 rings (SSSR count). The van der Waals surface area contributed by atoms with Gasteiger partial charge in [-0.3, -0.25) is 14.5 Å². The predicted molar refractivity (Wildman–Crippen MR) is 119 cm³/mol. The lowest BCUT2D eigenvalue weighted by Gasteiger charge is -2.46. The number of aliphatic hydroxyl groups excluding tert-OH is 1. The lowest BCUT2D eigenvalue weighted by Crippen LogP contribution is -2.63. The third-order valence-electron chi connectivity index (χ3n) is 6.32. The Labute approximate surface area is 191 Å². The normalized spacial score (nSPS) is 32.4. The van der Waals surface area contributed by atoms with Gasteiger partial charge in [-0.05, 0) is 20.3 Å². The zero-order chi connectivity index (χ0) is 23.2. The molecular weight excluding hydrogens is 442 g/mol. The smallest absolute Gasteiger partial charge is 0.363 e. The van der Waals surface area contributed by atoms with E-state index in [1.807, 2.05) is 11.8 Å². The van der Waals surface area contributed by atoms with E-state index in [4.69, 9.17) is 10.5 Å². The molecule has 0 bridgehead atoms. The monoisotopic (exact) mass is 473 g/mol. The first kappa shape index (κ1) is 24.5. The molecule has 3 aliphatic heterocycles. The molecule has 0 aromatic heterocycles. The molecule has 0 radical (unpaired) electrons. The zero-order valence-corrected chi connectivity index (χ0v) is 19.9. The Balaban J connectivity index is 1.82. The second-order valence-electron chi connectivity index (χ2n) is 8.81. The summed E-state index contributed by atoms with van der Waals surface area (Å²) < 4.78 is 4.82. The Hall–Kier alpha value is -1.11. The van der Waals surface area contributed by atoms with Crippen LogP contribution >= 0.6 is 24.4 Å². The van der Waals surface area contributed by atoms with Gasteiger partial charge in [-0.15, -0.1) is 11.8 Å². The molecule has 3 heterocycles. The van der Waals surface area contributed by atoms with Crippen molar-refractivity contribution in [3.05, 3.63) is 10.6 Å². The highest BCUT2D eigenvalue weighted by atomic mass is 32.2. The van der Waals surface area contributed by atoms with Crippen LogP contribution in [0.5, 0.6) is 0 Å². The van der Waals surface area contributed by atoms with Gasteiger partial charge in [0.25, 0.3) is 0 Å². The molecule has 0 aromatic carbocycles. The van der Waals surface area contributed by atoms with Crippen molar-refractivity contribution in [3.63, 3.8) is 0 Å². The average Bonchev–Trinajstić information content (AvgIpc) is 3.22. The van der Waals surface area contributed by atoms with Crippen molar-refractivity contribution in [3.8, 4) is 0 Å². The number of carbonyl (C=O) groups is 3. The zero-order valence-electron chi connectivity index (χ0n) is 18.1. The third kappa shape index (κ3) is 4.40. The fourth-order valence-corrected chi connectivity index (χ4v) is 6.41. The number of amides is 1. The number of rotatable bonds is 7. The number of thioether (sulfide) groups is 1. The van der Waals surface area contributed by atoms with Gasteiger partial charge in [-0.25, -0.2) is 4.79 Å². The van der Waals surface area contributed by atoms with Crippen LogP contribution in [-0.2, 0) is 19.1 Å². The molecule has 0 saturated carbocycles. The molecule has 0 aliphatic carbocycles. The Kier molecular flexibility index (Phi) is 7.14. The second kappa shape index (κ2) is 9.03. The number of carbonyl (C=O) groups excluding carboxylic acids is 3. The summed E-state index contributed by atoms with van der Waals surface area (Å²) in [5.74, 6) is -2.68. The molecule has 7 atom stereocenters. The van der Waals surface area contributed by atoms with Crippen LogP contribution in [0.1, 0.15) is 34.1 Å². The number of nitrogens with two attached hydrogens (primary N) is 1. The molecule has 1 amide bonds. The summed E-state index contributed by atoms with van der Waals surface area (Å²) in [7, 11) is 0. The summed E-state index contributed by atoms with van der Waals surface area (Å²) in [5, 5.41) is 20.2. The van der Waals surface area contributed by atoms with Crippen molar-refractivity contribution in [2.45, 2.75) is 62.5 Å². The molecule has 3 aliphatic rings. The van der Waals surface area contributed by atoms with Crippen LogP contribution in [0.2, 0.25) is 0 Å². The Bertz CT molecular complexity index is 802. The van der Waals surface area contributed by atoms with Gasteiger partial charge in [0, 0.05) is 42.6 Å². The van der Waals surface area contributed by atoms with Gasteiger partial charge in [0.15, 0.2) is 0 Å². The first-order valence-corrected chi connectivity index (χ1v) is 11.8. The number of nitrogens with zero attached hydrogens (tertiary/aromatic N) is 2. The van der Waals surface area contributed by atoms with Crippen molar-refractivity contribution in [1.29, 1.82) is 0 Å². The molecule has 0 spiro atoms. The van der Waals surface area contributed by atoms with Gasteiger partial charge in [-0.2, -0.15) is 12.6 Å². The molecule has 2 fully saturated rings. The van der Waals surface area contributed by atoms with Crippen LogP contribution in [0.15, 0.2) is 10.6 Å². The highest BCUT2D eigenvalue weighted by molar-refractivity contribution is 8.03. The number of aliphatic hydroxyl groups is 2. The molecule has 174 valence electrons. The van der Waals surface area contributed by atoms with E-state index in [0.29, 0.717) is 18.0 Å². The van der Waals surface area contributed by atoms with Crippen molar-refractivity contribution in [2.75, 3.05) is 19.6 Å². The quantitative estimate of drug-likeness (QED) is 0.173. The van der Waals surface area contributed by atoms with Crippen LogP contribution in [-0.4, -0.2) is 85.9 Å². The van der Waals surface area contributed by atoms with E-state index in [1.165, 1.54) is 16.7 Å². The highest BCUT2D eigenvalue weighted by Gasteiger charge is 2.60. The number of hydrogen-bond acceptors (Lipinski definition) is 10. The van der Waals surface area contributed by atoms with Gasteiger partial charge in [0.05, 0.1) is 29.0 Å². The van der Waals surface area contributed by atoms with Crippen LogP contribution < -0.4 is 5.73 Å². The van der Waals surface area contributed by atoms with E-state index >= 15 is 0 Å². The van der Waals surface area contributed by atoms with Crippen LogP contribution in [0, 0.1) is 11.8 Å². The van der Waals surface area contributed by atoms with Crippen molar-refractivity contribution in [1.82, 2.24) is 9.80 Å². The molecule has 31 heavy (non-hydrogen) atoms. The molecular formula is C20H31N3O6S2. The molecule has 2 saturated heterocycles. The minimum atomic E-state index is -1.14. The molecule has 0 aromatic rings. The summed E-state index contributed by atoms with van der Waals surface area (Å²) in [6, 6.07) is -0.336. The van der Waals surface area contributed by atoms with Gasteiger partial charge >= 0.3 is 11.9 Å². The fraction of sp³-hybridized carbons (Fsp3) is 0.750. The van der Waals surface area contributed by atoms with Crippen molar-refractivity contribution >= 4 is 42.2 Å². The predicted octanol–water partition coefficient (Wildman–Crippen LogP) is -0.0817. The standard InChI is InChI=1S/C20H31N3O6S2/c1-9-14-13(10(2)24)17(26)23(14)15(18(27)29-11(3)25)16(9)31-12-5-6-22(7-12)19(30)20(4,28)8-21/h9-10,12-14,19,24,28,30H,5-8,21H2,1-4H3/t9-,10-,12?,13-,14-,19?,20+/m1/s1. The van der Waals surface area contributed by atoms with Gasteiger partial charge < -0.3 is 25.6 Å². The second-order valence-corrected chi connectivity index (χ2v) is 10.6. The SMILES string of the molecule is CC(=O)OC(=O)C1=C(SC2CCN(C(S)[C@@](C)(O)CN)C2)[C@H](C)[C@@H]2[C@@H]([C@@H](C)O)C(=O)N12. The van der Waals surface area contributed by atoms with E-state index in [1.54, 1.807) is 13.8 Å². The summed E-state index contributed by atoms with van der Waals surface area (Å²) >= 11 is 6.04. The van der Waals surface area contributed by atoms with Gasteiger partial charge in [-0.1, -0.05) is 6.92 Å². The van der Waals surface area contributed by atoms with E-state index < -0.39 is 34.9 Å². The van der Waals surface area contributed by atoms with Crippen molar-refractivity contribution < 1.29 is 29.3 Å². The number of β-lactam (4-membered cyclic amide) rings is 1. The Morgan fingerprint density at radius 3 is 2.65 bits per heavy atom. The number of ether oxygens (including phenoxy) is 1. The fourth-order valence-electron chi connectivity index (χ4n) is 4.60. The van der Waals surface area contributed by atoms with Gasteiger partial charge in [0.2, 0.25) is 5.91 Å². The van der Waals surface area contributed by atoms with Crippen LogP contribution in [0.3, 0.4) is 0 Å². The van der Waals surface area contributed by atoms with Crippen molar-refractivity contribution in [2.24, 2.45) is 17.6 Å². The van der Waals surface area contributed by atoms with E-state index in [2.05, 4.69) is 12.6 Å². The highest BCUT2D eigenvalue weighted by Crippen LogP contribution is 2.52. The minimum absolute atomic E-state index is 0.0815. The summed E-state index contributed by atoms with van der Waals surface area (Å²) in [6.45, 7) is 7.69. The van der Waals surface area contributed by atoms with Crippen LogP contribution in [0.25, 0.3) is 0 Å². The summed E-state index contributed by atoms with van der Waals surface area (Å²) in [5.41, 5.74) is 4.63. The molecule has 2 unspecified atom stereocenters. The maximum absolute atomic E-state index is 12.7. The van der Waals surface area contributed by atoms with Crippen LogP contribution in [0.4, 0.5) is 0 Å². The number of thiol groups is 1. The average molecular weight is 474 g/mol. The topological polar surface area (TPSA) is 133 Å². The first-order valence-electron chi connectivity index (χ1n) is 10.4. The lowest BCUT2D eigenvalue weighted by molar-refractivity contribution is -0.167. The largest absolute Gasteiger partial charge is 0.393 e. The maximum atomic E-state index is 12.7. The summed E-state index contributed by atoms with van der Waals surface area (Å²) in [4.78, 5) is 40.9. The van der Waals surface area contributed by atoms with E-state index in [9.17, 15) is 24.6 Å². The number of esters is 2. The Morgan fingerprint density at radius 2 is 2.10 bits per heavy atom. The first-order chi connectivity index (χ1) is 14.4. The minimum Gasteiger partial charge on any atom is -0.393 e.